The summed E-state index contributed by atoms with van der Waals surface area (Å²) >= 11 is 7.13. The van der Waals surface area contributed by atoms with Crippen molar-refractivity contribution in [1.82, 2.24) is 0 Å². The van der Waals surface area contributed by atoms with E-state index in [1.165, 1.54) is 18.2 Å². The topological polar surface area (TPSA) is 63.2 Å². The minimum atomic E-state index is -4.80. The van der Waals surface area contributed by atoms with E-state index in [2.05, 4.69) is 5.32 Å². The number of thioether (sulfide) groups is 1. The first-order valence-electron chi connectivity index (χ1n) is 6.60. The van der Waals surface area contributed by atoms with Crippen LogP contribution in [0.2, 0.25) is 5.02 Å². The predicted octanol–water partition coefficient (Wildman–Crippen LogP) is 4.07. The van der Waals surface area contributed by atoms with E-state index >= 15 is 0 Å². The van der Waals surface area contributed by atoms with E-state index in [1.807, 2.05) is 0 Å². The number of hydrogen-bond acceptors (Lipinski definition) is 4. The van der Waals surface area contributed by atoms with Gasteiger partial charge in [-0.3, -0.25) is 4.79 Å². The molecule has 4 nitrogen and oxygen atoms in total. The molecule has 0 aromatic heterocycles. The van der Waals surface area contributed by atoms with Gasteiger partial charge < -0.3 is 5.32 Å². The van der Waals surface area contributed by atoms with Crippen LogP contribution in [-0.4, -0.2) is 25.8 Å². The van der Waals surface area contributed by atoms with Crippen LogP contribution in [0.15, 0.2) is 58.3 Å². The number of nitrogens with one attached hydrogen (secondary N) is 1. The highest BCUT2D eigenvalue weighted by molar-refractivity contribution is 8.00. The Balaban J connectivity index is 2.12. The normalized spacial score (nSPS) is 11.5. The molecule has 0 aliphatic rings. The van der Waals surface area contributed by atoms with Crippen LogP contribution in [0, 0.1) is 0 Å². The molecule has 0 saturated heterocycles. The summed E-state index contributed by atoms with van der Waals surface area (Å²) < 4.78 is 48.7. The Morgan fingerprint density at radius 1 is 1.12 bits per heavy atom. The second kappa shape index (κ2) is 7.96. The van der Waals surface area contributed by atoms with E-state index in [-0.39, 0.29) is 11.4 Å². The molecule has 0 unspecified atom stereocenters. The molecule has 2 aromatic rings. The number of carbonyl (C=O) groups excluding carboxylic acids is 1. The molecule has 2 rings (SSSR count). The Kier molecular flexibility index (Phi) is 6.20. The molecule has 2 aromatic carbocycles. The van der Waals surface area contributed by atoms with Gasteiger partial charge in [0, 0.05) is 4.90 Å². The van der Waals surface area contributed by atoms with E-state index in [9.17, 15) is 22.0 Å². The molecule has 0 fully saturated rings. The second-order valence-electron chi connectivity index (χ2n) is 4.57. The van der Waals surface area contributed by atoms with Crippen molar-refractivity contribution in [2.75, 3.05) is 11.1 Å². The van der Waals surface area contributed by atoms with Gasteiger partial charge in [-0.2, -0.15) is 8.78 Å². The van der Waals surface area contributed by atoms with Crippen molar-refractivity contribution in [3.63, 3.8) is 0 Å². The smallest absolute Gasteiger partial charge is 0.324 e. The maximum Gasteiger partial charge on any atom is 0.341 e. The average molecular weight is 392 g/mol. The molecule has 0 heterocycles. The van der Waals surface area contributed by atoms with Gasteiger partial charge in [0.05, 0.1) is 21.4 Å². The lowest BCUT2D eigenvalue weighted by Crippen LogP contribution is -2.19. The van der Waals surface area contributed by atoms with Crippen molar-refractivity contribution < 1.29 is 22.0 Å². The lowest BCUT2D eigenvalue weighted by Gasteiger charge is -2.11. The van der Waals surface area contributed by atoms with E-state index in [0.29, 0.717) is 9.92 Å². The molecule has 1 N–H and O–H groups in total. The summed E-state index contributed by atoms with van der Waals surface area (Å²) in [6.07, 6.45) is 0. The number of carbonyl (C=O) groups is 1. The van der Waals surface area contributed by atoms with Crippen LogP contribution < -0.4 is 5.32 Å². The number of hydrogen-bond donors (Lipinski definition) is 1. The molecule has 0 radical (unpaired) electrons. The molecule has 128 valence electrons. The number of sulfone groups is 1. The van der Waals surface area contributed by atoms with Gasteiger partial charge in [-0.15, -0.1) is 11.8 Å². The maximum atomic E-state index is 12.7. The third kappa shape index (κ3) is 4.46. The zero-order chi connectivity index (χ0) is 17.7. The third-order valence-corrected chi connectivity index (χ3v) is 5.85. The van der Waals surface area contributed by atoms with Crippen molar-refractivity contribution in [3.8, 4) is 0 Å². The largest absolute Gasteiger partial charge is 0.341 e. The van der Waals surface area contributed by atoms with Gasteiger partial charge in [0.1, 0.15) is 0 Å². The average Bonchev–Trinajstić information content (AvgIpc) is 2.54. The predicted molar refractivity (Wildman–Crippen MR) is 90.4 cm³/mol. The minimum absolute atomic E-state index is 0.0488. The second-order valence-corrected chi connectivity index (χ2v) is 7.88. The molecular formula is C15H12ClF2NO3S2. The van der Waals surface area contributed by atoms with Crippen molar-refractivity contribution in [2.45, 2.75) is 15.5 Å². The van der Waals surface area contributed by atoms with E-state index in [1.54, 1.807) is 24.3 Å². The Labute approximate surface area is 147 Å². The molecule has 9 heteroatoms. The number of benzene rings is 2. The number of rotatable bonds is 6. The Morgan fingerprint density at radius 3 is 2.42 bits per heavy atom. The molecule has 24 heavy (non-hydrogen) atoms. The van der Waals surface area contributed by atoms with Crippen molar-refractivity contribution in [2.24, 2.45) is 0 Å². The van der Waals surface area contributed by atoms with Crippen LogP contribution in [0.5, 0.6) is 0 Å². The third-order valence-electron chi connectivity index (χ3n) is 2.90. The number of alkyl halides is 2. The van der Waals surface area contributed by atoms with Gasteiger partial charge in [-0.25, -0.2) is 8.42 Å². The summed E-state index contributed by atoms with van der Waals surface area (Å²) in [5.41, 5.74) is -0.178. The maximum absolute atomic E-state index is 12.7. The fraction of sp³-hybridized carbons (Fsp3) is 0.133. The Hall–Kier alpha value is -1.64. The van der Waals surface area contributed by atoms with Gasteiger partial charge in [0.2, 0.25) is 15.7 Å². The van der Waals surface area contributed by atoms with E-state index in [4.69, 9.17) is 11.6 Å². The summed E-state index contributed by atoms with van der Waals surface area (Å²) in [4.78, 5) is 12.1. The SMILES string of the molecule is O=C(CSc1ccccc1Cl)Nc1ccccc1S(=O)(=O)C(F)F. The molecule has 0 bridgehead atoms. The highest BCUT2D eigenvalue weighted by atomic mass is 35.5. The first kappa shape index (κ1) is 18.7. The molecule has 1 amide bonds. The highest BCUT2D eigenvalue weighted by Crippen LogP contribution is 2.28. The van der Waals surface area contributed by atoms with Crippen LogP contribution in [0.3, 0.4) is 0 Å². The van der Waals surface area contributed by atoms with Crippen molar-refractivity contribution >= 4 is 44.8 Å². The van der Waals surface area contributed by atoms with Gasteiger partial charge >= 0.3 is 5.76 Å². The fourth-order valence-electron chi connectivity index (χ4n) is 1.81. The first-order chi connectivity index (χ1) is 11.3. The summed E-state index contributed by atoms with van der Waals surface area (Å²) in [5, 5.41) is 2.83. The van der Waals surface area contributed by atoms with Crippen molar-refractivity contribution in [1.29, 1.82) is 0 Å². The summed E-state index contributed by atoms with van der Waals surface area (Å²) in [5.74, 6) is -4.14. The Bertz CT molecular complexity index is 844. The summed E-state index contributed by atoms with van der Waals surface area (Å²) in [7, 11) is -4.80. The summed E-state index contributed by atoms with van der Waals surface area (Å²) in [6, 6.07) is 12.0. The summed E-state index contributed by atoms with van der Waals surface area (Å²) in [6.45, 7) is 0. The van der Waals surface area contributed by atoms with Gasteiger partial charge in [-0.1, -0.05) is 35.9 Å². The van der Waals surface area contributed by atoms with Gasteiger partial charge in [-0.05, 0) is 24.3 Å². The van der Waals surface area contributed by atoms with Crippen molar-refractivity contribution in [3.05, 3.63) is 53.6 Å². The molecule has 0 aliphatic heterocycles. The first-order valence-corrected chi connectivity index (χ1v) is 9.51. The fourth-order valence-corrected chi connectivity index (χ4v) is 3.73. The highest BCUT2D eigenvalue weighted by Gasteiger charge is 2.29. The zero-order valence-electron chi connectivity index (χ0n) is 12.1. The quantitative estimate of drug-likeness (QED) is 0.754. The molecule has 0 aliphatic carbocycles. The minimum Gasteiger partial charge on any atom is -0.324 e. The van der Waals surface area contributed by atoms with Gasteiger partial charge in [0.25, 0.3) is 0 Å². The van der Waals surface area contributed by atoms with E-state index in [0.717, 1.165) is 17.8 Å². The number of anilines is 1. The standard InChI is InChI=1S/C15H12ClF2NO3S2/c16-10-5-1-3-7-12(10)23-9-14(20)19-11-6-2-4-8-13(11)24(21,22)15(17)18/h1-8,15H,9H2,(H,19,20). The number of halogens is 3. The molecule has 0 spiro atoms. The van der Waals surface area contributed by atoms with Crippen LogP contribution in [0.4, 0.5) is 14.5 Å². The van der Waals surface area contributed by atoms with E-state index < -0.39 is 26.4 Å². The molecule has 0 saturated carbocycles. The van der Waals surface area contributed by atoms with Crippen LogP contribution >= 0.6 is 23.4 Å². The van der Waals surface area contributed by atoms with Crippen LogP contribution in [-0.2, 0) is 14.6 Å². The van der Waals surface area contributed by atoms with Crippen LogP contribution in [0.25, 0.3) is 0 Å². The lowest BCUT2D eigenvalue weighted by molar-refractivity contribution is -0.113. The molecule has 0 atom stereocenters. The monoisotopic (exact) mass is 391 g/mol. The lowest BCUT2D eigenvalue weighted by atomic mass is 10.3. The van der Waals surface area contributed by atoms with Gasteiger partial charge in [0.15, 0.2) is 0 Å². The Morgan fingerprint density at radius 2 is 1.75 bits per heavy atom. The number of para-hydroxylation sites is 1. The molecular weight excluding hydrogens is 380 g/mol. The van der Waals surface area contributed by atoms with Crippen LogP contribution in [0.1, 0.15) is 0 Å². The number of amides is 1. The zero-order valence-corrected chi connectivity index (χ0v) is 14.5.